The molecular weight excluding hydrogens is 536 g/mol. The van der Waals surface area contributed by atoms with Crippen LogP contribution in [0.5, 0.6) is 11.5 Å². The molecule has 1 amide bonds. The van der Waals surface area contributed by atoms with Crippen LogP contribution in [-0.2, 0) is 11.4 Å². The first-order valence-corrected chi connectivity index (χ1v) is 12.2. The number of amides is 1. The first-order valence-electron chi connectivity index (χ1n) is 10.6. The van der Waals surface area contributed by atoms with Crippen molar-refractivity contribution in [2.45, 2.75) is 45.3 Å². The maximum Gasteiger partial charge on any atom is 0.262 e. The Morgan fingerprint density at radius 1 is 1.22 bits per heavy atom. The van der Waals surface area contributed by atoms with Crippen LogP contribution in [0.1, 0.15) is 43.7 Å². The molecule has 1 fully saturated rings. The third-order valence-corrected chi connectivity index (χ3v) is 6.77. The molecule has 3 rings (SSSR count). The number of carbonyl (C=O) groups is 1. The summed E-state index contributed by atoms with van der Waals surface area (Å²) in [4.78, 5) is 12.7. The van der Waals surface area contributed by atoms with E-state index in [4.69, 9.17) is 9.47 Å². The number of hydrogen-bond donors (Lipinski definition) is 1. The van der Waals surface area contributed by atoms with Crippen molar-refractivity contribution >= 4 is 43.8 Å². The summed E-state index contributed by atoms with van der Waals surface area (Å²) in [7, 11) is 1.56. The van der Waals surface area contributed by atoms with Gasteiger partial charge in [-0.05, 0) is 76.2 Å². The number of carbonyl (C=O) groups excluding carboxylic acids is 1. The van der Waals surface area contributed by atoms with E-state index in [0.29, 0.717) is 34.1 Å². The first kappa shape index (κ1) is 24.3. The smallest absolute Gasteiger partial charge is 0.262 e. The van der Waals surface area contributed by atoms with Crippen LogP contribution in [0.4, 0.5) is 0 Å². The Morgan fingerprint density at radius 3 is 2.59 bits per heavy atom. The quantitative estimate of drug-likeness (QED) is 0.313. The summed E-state index contributed by atoms with van der Waals surface area (Å²) in [5.74, 6) is 1.16. The molecule has 0 heterocycles. The van der Waals surface area contributed by atoms with Gasteiger partial charge in [-0.25, -0.2) is 0 Å². The number of rotatable bonds is 7. The van der Waals surface area contributed by atoms with Crippen molar-refractivity contribution in [3.63, 3.8) is 0 Å². The van der Waals surface area contributed by atoms with Crippen molar-refractivity contribution in [2.75, 3.05) is 7.11 Å². The largest absolute Gasteiger partial charge is 0.493 e. The number of nitrogens with one attached hydrogen (secondary N) is 1. The zero-order valence-electron chi connectivity index (χ0n) is 18.2. The fourth-order valence-electron chi connectivity index (χ4n) is 3.79. The highest BCUT2D eigenvalue weighted by molar-refractivity contribution is 9.10. The summed E-state index contributed by atoms with van der Waals surface area (Å²) in [5.41, 5.74) is 1.76. The molecule has 2 aromatic rings. The lowest BCUT2D eigenvalue weighted by Gasteiger charge is -2.29. The van der Waals surface area contributed by atoms with Gasteiger partial charge in [0.2, 0.25) is 0 Å². The van der Waals surface area contributed by atoms with Gasteiger partial charge in [-0.3, -0.25) is 4.79 Å². The molecule has 0 unspecified atom stereocenters. The Bertz CT molecular complexity index is 1030. The standard InChI is InChI=1S/C25H26Br2N2O3/c1-16-5-3-4-6-22(16)29-25(30)19(14-28)11-18-12-21(27)24(23(13-18)31-2)32-15-17-7-9-20(26)10-8-17/h7-13,16,22H,3-6,15H2,1-2H3,(H,29,30)/b19-11+/t16-,22+/m1/s1. The van der Waals surface area contributed by atoms with Gasteiger partial charge in [-0.1, -0.05) is 47.8 Å². The molecule has 0 bridgehead atoms. The van der Waals surface area contributed by atoms with Gasteiger partial charge in [0.05, 0.1) is 11.6 Å². The number of ether oxygens (including phenoxy) is 2. The highest BCUT2D eigenvalue weighted by atomic mass is 79.9. The van der Waals surface area contributed by atoms with E-state index in [1.54, 1.807) is 19.3 Å². The van der Waals surface area contributed by atoms with Gasteiger partial charge in [0.25, 0.3) is 5.91 Å². The molecule has 0 spiro atoms. The Balaban J connectivity index is 1.77. The minimum atomic E-state index is -0.336. The predicted molar refractivity (Wildman–Crippen MR) is 132 cm³/mol. The van der Waals surface area contributed by atoms with E-state index in [0.717, 1.165) is 29.3 Å². The van der Waals surface area contributed by atoms with Crippen LogP contribution < -0.4 is 14.8 Å². The molecule has 1 aliphatic rings. The van der Waals surface area contributed by atoms with E-state index in [-0.39, 0.29) is 17.5 Å². The number of halogens is 2. The SMILES string of the molecule is COc1cc(/C=C(\C#N)C(=O)N[C@H]2CCCC[C@H]2C)cc(Br)c1OCc1ccc(Br)cc1. The normalized spacial score (nSPS) is 18.5. The van der Waals surface area contributed by atoms with Crippen molar-refractivity contribution in [1.29, 1.82) is 5.26 Å². The molecule has 7 heteroatoms. The minimum Gasteiger partial charge on any atom is -0.493 e. The van der Waals surface area contributed by atoms with Crippen LogP contribution in [-0.4, -0.2) is 19.1 Å². The highest BCUT2D eigenvalue weighted by Gasteiger charge is 2.24. The molecule has 2 aromatic carbocycles. The lowest BCUT2D eigenvalue weighted by Crippen LogP contribution is -2.41. The monoisotopic (exact) mass is 560 g/mol. The van der Waals surface area contributed by atoms with Crippen LogP contribution in [0.2, 0.25) is 0 Å². The number of nitrogens with zero attached hydrogens (tertiary/aromatic N) is 1. The van der Waals surface area contributed by atoms with Gasteiger partial charge in [0, 0.05) is 10.5 Å². The van der Waals surface area contributed by atoms with Gasteiger partial charge >= 0.3 is 0 Å². The van der Waals surface area contributed by atoms with Gasteiger partial charge in [0.1, 0.15) is 18.2 Å². The molecule has 2 atom stereocenters. The lowest BCUT2D eigenvalue weighted by atomic mass is 9.86. The average molecular weight is 562 g/mol. The second-order valence-electron chi connectivity index (χ2n) is 7.96. The molecule has 32 heavy (non-hydrogen) atoms. The van der Waals surface area contributed by atoms with Crippen LogP contribution in [0.25, 0.3) is 6.08 Å². The van der Waals surface area contributed by atoms with Crippen molar-refractivity contribution in [3.05, 3.63) is 62.0 Å². The summed E-state index contributed by atoms with van der Waals surface area (Å²) in [5, 5.41) is 12.6. The van der Waals surface area contributed by atoms with E-state index >= 15 is 0 Å². The third kappa shape index (κ3) is 6.36. The molecule has 168 valence electrons. The second kappa shape index (κ2) is 11.5. The highest BCUT2D eigenvalue weighted by Crippen LogP contribution is 2.38. The van der Waals surface area contributed by atoms with E-state index < -0.39 is 0 Å². The van der Waals surface area contributed by atoms with Crippen LogP contribution >= 0.6 is 31.9 Å². The molecule has 5 nitrogen and oxygen atoms in total. The number of benzene rings is 2. The third-order valence-electron chi connectivity index (χ3n) is 5.65. The fraction of sp³-hybridized carbons (Fsp3) is 0.360. The molecule has 1 N–H and O–H groups in total. The fourth-order valence-corrected chi connectivity index (χ4v) is 4.63. The molecule has 0 aromatic heterocycles. The van der Waals surface area contributed by atoms with E-state index in [1.165, 1.54) is 6.42 Å². The molecule has 0 radical (unpaired) electrons. The zero-order valence-corrected chi connectivity index (χ0v) is 21.3. The second-order valence-corrected chi connectivity index (χ2v) is 9.73. The number of methoxy groups -OCH3 is 1. The van der Waals surface area contributed by atoms with E-state index in [9.17, 15) is 10.1 Å². The van der Waals surface area contributed by atoms with Crippen molar-refractivity contribution < 1.29 is 14.3 Å². The lowest BCUT2D eigenvalue weighted by molar-refractivity contribution is -0.118. The number of hydrogen-bond acceptors (Lipinski definition) is 4. The van der Waals surface area contributed by atoms with Gasteiger partial charge in [-0.15, -0.1) is 0 Å². The van der Waals surface area contributed by atoms with Crippen LogP contribution in [0.15, 0.2) is 50.9 Å². The van der Waals surface area contributed by atoms with Crippen LogP contribution in [0.3, 0.4) is 0 Å². The summed E-state index contributed by atoms with van der Waals surface area (Å²) in [6, 6.07) is 13.6. The topological polar surface area (TPSA) is 71.3 Å². The maximum absolute atomic E-state index is 12.7. The molecular formula is C25H26Br2N2O3. The molecule has 0 aliphatic heterocycles. The summed E-state index contributed by atoms with van der Waals surface area (Å²) < 4.78 is 13.2. The molecule has 1 aliphatic carbocycles. The summed E-state index contributed by atoms with van der Waals surface area (Å²) >= 11 is 6.96. The van der Waals surface area contributed by atoms with Crippen molar-refractivity contribution in [1.82, 2.24) is 5.32 Å². The van der Waals surface area contributed by atoms with Gasteiger partial charge in [-0.2, -0.15) is 5.26 Å². The Labute approximate surface area is 206 Å². The predicted octanol–water partition coefficient (Wildman–Crippen LogP) is 6.40. The van der Waals surface area contributed by atoms with E-state index in [2.05, 4.69) is 44.1 Å². The van der Waals surface area contributed by atoms with E-state index in [1.807, 2.05) is 36.4 Å². The van der Waals surface area contributed by atoms with Gasteiger partial charge in [0.15, 0.2) is 11.5 Å². The first-order chi connectivity index (χ1) is 15.4. The summed E-state index contributed by atoms with van der Waals surface area (Å²) in [6.07, 6.45) is 5.93. The minimum absolute atomic E-state index is 0.0697. The Morgan fingerprint density at radius 2 is 1.94 bits per heavy atom. The Hall–Kier alpha value is -2.30. The molecule has 1 saturated carbocycles. The van der Waals surface area contributed by atoms with Crippen molar-refractivity contribution in [2.24, 2.45) is 5.92 Å². The summed E-state index contributed by atoms with van der Waals surface area (Å²) in [6.45, 7) is 2.53. The maximum atomic E-state index is 12.7. The number of nitriles is 1. The Kier molecular flexibility index (Phi) is 8.77. The zero-order chi connectivity index (χ0) is 23.1. The average Bonchev–Trinajstić information content (AvgIpc) is 2.79. The van der Waals surface area contributed by atoms with Crippen LogP contribution in [0, 0.1) is 17.2 Å². The molecule has 0 saturated heterocycles. The van der Waals surface area contributed by atoms with Gasteiger partial charge < -0.3 is 14.8 Å². The van der Waals surface area contributed by atoms with Crippen molar-refractivity contribution in [3.8, 4) is 17.6 Å².